The number of sulfone groups is 1. The third kappa shape index (κ3) is 4.03. The van der Waals surface area contributed by atoms with Crippen molar-refractivity contribution >= 4 is 26.8 Å². The molecule has 0 radical (unpaired) electrons. The van der Waals surface area contributed by atoms with Crippen LogP contribution in [0.3, 0.4) is 0 Å². The van der Waals surface area contributed by atoms with Crippen molar-refractivity contribution in [2.45, 2.75) is 31.7 Å². The van der Waals surface area contributed by atoms with E-state index < -0.39 is 9.84 Å². The van der Waals surface area contributed by atoms with Gasteiger partial charge in [-0.25, -0.2) is 13.4 Å². The number of aromatic nitrogens is 2. The molecule has 3 rings (SSSR count). The molecule has 0 aliphatic rings. The van der Waals surface area contributed by atoms with Crippen molar-refractivity contribution < 1.29 is 13.2 Å². The summed E-state index contributed by atoms with van der Waals surface area (Å²) in [4.78, 5) is 20.9. The standard InChI is InChI=1S/C20H23N3O3S/c1-12(2)18(19-21-16-7-5-6-8-17(16)22-19)23-20(24)15-11-14(27(4,25)26)10-9-13(15)3/h5-12,18H,1-4H3,(H,21,22)(H,23,24). The van der Waals surface area contributed by atoms with Crippen molar-refractivity contribution in [3.8, 4) is 0 Å². The lowest BCUT2D eigenvalue weighted by Gasteiger charge is -2.21. The zero-order chi connectivity index (χ0) is 19.8. The Bertz CT molecular complexity index is 1070. The normalized spacial score (nSPS) is 13.1. The van der Waals surface area contributed by atoms with Gasteiger partial charge in [0.25, 0.3) is 5.91 Å². The first-order chi connectivity index (χ1) is 12.7. The molecule has 27 heavy (non-hydrogen) atoms. The minimum absolute atomic E-state index is 0.0907. The SMILES string of the molecule is Cc1ccc(S(C)(=O)=O)cc1C(=O)NC(c1nc2ccccc2[nH]1)C(C)C. The molecule has 0 bridgehead atoms. The van der Waals surface area contributed by atoms with Crippen LogP contribution in [0.4, 0.5) is 0 Å². The van der Waals surface area contributed by atoms with Gasteiger partial charge in [-0.15, -0.1) is 0 Å². The fourth-order valence-corrected chi connectivity index (χ4v) is 3.61. The minimum atomic E-state index is -3.39. The average Bonchev–Trinajstić information content (AvgIpc) is 3.02. The molecular formula is C20H23N3O3S. The van der Waals surface area contributed by atoms with Gasteiger partial charge >= 0.3 is 0 Å². The highest BCUT2D eigenvalue weighted by atomic mass is 32.2. The van der Waals surface area contributed by atoms with Gasteiger partial charge in [0.1, 0.15) is 5.82 Å². The molecular weight excluding hydrogens is 362 g/mol. The zero-order valence-electron chi connectivity index (χ0n) is 15.8. The number of para-hydroxylation sites is 2. The molecule has 0 spiro atoms. The van der Waals surface area contributed by atoms with Crippen LogP contribution in [0.5, 0.6) is 0 Å². The highest BCUT2D eigenvalue weighted by Gasteiger charge is 2.24. The highest BCUT2D eigenvalue weighted by molar-refractivity contribution is 7.90. The number of nitrogens with zero attached hydrogens (tertiary/aromatic N) is 1. The molecule has 2 aromatic carbocycles. The lowest BCUT2D eigenvalue weighted by atomic mass is 10.0. The number of rotatable bonds is 5. The number of hydrogen-bond acceptors (Lipinski definition) is 4. The van der Waals surface area contributed by atoms with E-state index in [1.807, 2.05) is 38.1 Å². The van der Waals surface area contributed by atoms with Crippen LogP contribution in [0.15, 0.2) is 47.4 Å². The number of aryl methyl sites for hydroxylation is 1. The lowest BCUT2D eigenvalue weighted by Crippen LogP contribution is -2.33. The second-order valence-corrected chi connectivity index (χ2v) is 9.10. The lowest BCUT2D eigenvalue weighted by molar-refractivity contribution is 0.0922. The Hall–Kier alpha value is -2.67. The first kappa shape index (κ1) is 19.1. The zero-order valence-corrected chi connectivity index (χ0v) is 16.6. The van der Waals surface area contributed by atoms with Crippen molar-refractivity contribution in [3.63, 3.8) is 0 Å². The topological polar surface area (TPSA) is 91.9 Å². The van der Waals surface area contributed by atoms with E-state index in [1.54, 1.807) is 13.0 Å². The molecule has 0 fully saturated rings. The Kier molecular flexibility index (Phi) is 5.06. The monoisotopic (exact) mass is 385 g/mol. The van der Waals surface area contributed by atoms with Crippen LogP contribution in [-0.4, -0.2) is 30.5 Å². The van der Waals surface area contributed by atoms with Gasteiger partial charge in [-0.1, -0.05) is 32.0 Å². The molecule has 2 N–H and O–H groups in total. The van der Waals surface area contributed by atoms with Gasteiger partial charge in [0, 0.05) is 11.8 Å². The summed E-state index contributed by atoms with van der Waals surface area (Å²) < 4.78 is 23.6. The van der Waals surface area contributed by atoms with Gasteiger partial charge < -0.3 is 10.3 Å². The minimum Gasteiger partial charge on any atom is -0.342 e. The highest BCUT2D eigenvalue weighted by Crippen LogP contribution is 2.24. The number of imidazole rings is 1. The van der Waals surface area contributed by atoms with E-state index in [0.29, 0.717) is 17.0 Å². The predicted octanol–water partition coefficient (Wildman–Crippen LogP) is 3.40. The van der Waals surface area contributed by atoms with Gasteiger partial charge in [0.15, 0.2) is 9.84 Å². The molecule has 3 aromatic rings. The molecule has 1 amide bonds. The third-order valence-corrected chi connectivity index (χ3v) is 5.65. The van der Waals surface area contributed by atoms with Crippen LogP contribution in [-0.2, 0) is 9.84 Å². The average molecular weight is 385 g/mol. The molecule has 0 aliphatic heterocycles. The van der Waals surface area contributed by atoms with Gasteiger partial charge in [0.05, 0.1) is 22.0 Å². The number of amides is 1. The maximum absolute atomic E-state index is 12.9. The van der Waals surface area contributed by atoms with Crippen molar-refractivity contribution in [1.29, 1.82) is 0 Å². The van der Waals surface area contributed by atoms with Gasteiger partial charge in [-0.3, -0.25) is 4.79 Å². The largest absolute Gasteiger partial charge is 0.342 e. The molecule has 1 unspecified atom stereocenters. The molecule has 1 heterocycles. The fraction of sp³-hybridized carbons (Fsp3) is 0.300. The number of aromatic amines is 1. The number of carbonyl (C=O) groups is 1. The smallest absolute Gasteiger partial charge is 0.252 e. The summed E-state index contributed by atoms with van der Waals surface area (Å²) in [5.41, 5.74) is 2.80. The van der Waals surface area contributed by atoms with Crippen molar-refractivity contribution in [3.05, 3.63) is 59.4 Å². The number of hydrogen-bond donors (Lipinski definition) is 2. The number of nitrogens with one attached hydrogen (secondary N) is 2. The first-order valence-electron chi connectivity index (χ1n) is 8.73. The second-order valence-electron chi connectivity index (χ2n) is 7.08. The van der Waals surface area contributed by atoms with Crippen molar-refractivity contribution in [1.82, 2.24) is 15.3 Å². The van der Waals surface area contributed by atoms with Gasteiger partial charge in [-0.2, -0.15) is 0 Å². The summed E-state index contributed by atoms with van der Waals surface area (Å²) in [7, 11) is -3.39. The maximum Gasteiger partial charge on any atom is 0.252 e. The van der Waals surface area contributed by atoms with E-state index in [1.165, 1.54) is 12.1 Å². The third-order valence-electron chi connectivity index (χ3n) is 4.54. The summed E-state index contributed by atoms with van der Waals surface area (Å²) in [5.74, 6) is 0.446. The Balaban J connectivity index is 1.94. The molecule has 0 saturated heterocycles. The van der Waals surface area contributed by atoms with Crippen LogP contribution in [0.2, 0.25) is 0 Å². The summed E-state index contributed by atoms with van der Waals surface area (Å²) in [6.45, 7) is 5.78. The Labute approximate surface area is 158 Å². The molecule has 6 nitrogen and oxygen atoms in total. The molecule has 1 atom stereocenters. The number of fused-ring (bicyclic) bond motifs is 1. The molecule has 1 aromatic heterocycles. The molecule has 0 aliphatic carbocycles. The van der Waals surface area contributed by atoms with Gasteiger partial charge in [0.2, 0.25) is 0 Å². The maximum atomic E-state index is 12.9. The van der Waals surface area contributed by atoms with Crippen LogP contribution >= 0.6 is 0 Å². The molecule has 0 saturated carbocycles. The summed E-state index contributed by atoms with van der Waals surface area (Å²) in [6.07, 6.45) is 1.13. The van der Waals surface area contributed by atoms with Crippen LogP contribution in [0.25, 0.3) is 11.0 Å². The van der Waals surface area contributed by atoms with E-state index in [4.69, 9.17) is 0 Å². The molecule has 7 heteroatoms. The fourth-order valence-electron chi connectivity index (χ4n) is 2.97. The second kappa shape index (κ2) is 7.15. The Morgan fingerprint density at radius 1 is 1.15 bits per heavy atom. The predicted molar refractivity (Wildman–Crippen MR) is 105 cm³/mol. The number of benzene rings is 2. The Morgan fingerprint density at radius 3 is 2.48 bits per heavy atom. The summed E-state index contributed by atoms with van der Waals surface area (Å²) in [6, 6.07) is 11.9. The molecule has 142 valence electrons. The van der Waals surface area contributed by atoms with Crippen molar-refractivity contribution in [2.75, 3.05) is 6.26 Å². The van der Waals surface area contributed by atoms with E-state index in [-0.39, 0.29) is 22.8 Å². The van der Waals surface area contributed by atoms with Crippen LogP contribution < -0.4 is 5.32 Å². The summed E-state index contributed by atoms with van der Waals surface area (Å²) in [5, 5.41) is 3.00. The first-order valence-corrected chi connectivity index (χ1v) is 10.6. The van der Waals surface area contributed by atoms with Crippen LogP contribution in [0.1, 0.15) is 41.6 Å². The van der Waals surface area contributed by atoms with Gasteiger partial charge in [-0.05, 0) is 42.7 Å². The van der Waals surface area contributed by atoms with E-state index in [2.05, 4.69) is 15.3 Å². The van der Waals surface area contributed by atoms with E-state index >= 15 is 0 Å². The Morgan fingerprint density at radius 2 is 1.85 bits per heavy atom. The van der Waals surface area contributed by atoms with E-state index in [0.717, 1.165) is 17.3 Å². The number of H-pyrrole nitrogens is 1. The summed E-state index contributed by atoms with van der Waals surface area (Å²) >= 11 is 0. The quantitative estimate of drug-likeness (QED) is 0.704. The van der Waals surface area contributed by atoms with Crippen molar-refractivity contribution in [2.24, 2.45) is 5.92 Å². The van der Waals surface area contributed by atoms with Crippen LogP contribution in [0, 0.1) is 12.8 Å². The van der Waals surface area contributed by atoms with E-state index in [9.17, 15) is 13.2 Å². The number of carbonyl (C=O) groups excluding carboxylic acids is 1.